The van der Waals surface area contributed by atoms with Gasteiger partial charge in [-0.3, -0.25) is 13.9 Å². The molecule has 0 aliphatic rings. The second kappa shape index (κ2) is 7.89. The third-order valence-electron chi connectivity index (χ3n) is 4.52. The number of imidazole rings is 1. The summed E-state index contributed by atoms with van der Waals surface area (Å²) in [5.41, 5.74) is 0.332. The Hall–Kier alpha value is -3.07. The summed E-state index contributed by atoms with van der Waals surface area (Å²) in [6.07, 6.45) is -0.599. The maximum absolute atomic E-state index is 13.1. The van der Waals surface area contributed by atoms with Crippen LogP contribution in [0.5, 0.6) is 0 Å². The van der Waals surface area contributed by atoms with Crippen LogP contribution in [0.4, 0.5) is 4.79 Å². The van der Waals surface area contributed by atoms with Gasteiger partial charge >= 0.3 is 11.8 Å². The normalized spacial score (nSPS) is 11.1. The van der Waals surface area contributed by atoms with Gasteiger partial charge in [-0.25, -0.2) is 14.6 Å². The van der Waals surface area contributed by atoms with Crippen LogP contribution in [0.2, 0.25) is 5.02 Å². The molecule has 2 N–H and O–H groups in total. The van der Waals surface area contributed by atoms with Gasteiger partial charge in [0.15, 0.2) is 11.2 Å². The van der Waals surface area contributed by atoms with Gasteiger partial charge in [0.1, 0.15) is 5.82 Å². The van der Waals surface area contributed by atoms with Gasteiger partial charge in [0.2, 0.25) is 0 Å². The van der Waals surface area contributed by atoms with Gasteiger partial charge in [-0.15, -0.1) is 0 Å². The SMILES string of the molecule is CCc1nc2c(c(=O)n(Cc3ccc(Cl)cc3)c(=O)n2CCNC(=O)O)n1C. The van der Waals surface area contributed by atoms with E-state index in [9.17, 15) is 14.4 Å². The molecule has 2 aromatic heterocycles. The average Bonchev–Trinajstić information content (AvgIpc) is 2.99. The van der Waals surface area contributed by atoms with Gasteiger partial charge in [-0.1, -0.05) is 30.7 Å². The fourth-order valence-electron chi connectivity index (χ4n) is 3.11. The van der Waals surface area contributed by atoms with Gasteiger partial charge < -0.3 is 15.0 Å². The van der Waals surface area contributed by atoms with E-state index in [1.54, 1.807) is 35.9 Å². The van der Waals surface area contributed by atoms with E-state index in [4.69, 9.17) is 16.7 Å². The number of hydrogen-bond donors (Lipinski definition) is 2. The standard InChI is InChI=1S/C18H20ClN5O4/c1-3-13-21-15-14(22(13)2)16(25)24(10-11-4-6-12(19)7-5-11)18(28)23(15)9-8-20-17(26)27/h4-7,20H,3,8-10H2,1-2H3,(H,26,27). The van der Waals surface area contributed by atoms with E-state index in [0.29, 0.717) is 22.8 Å². The fraction of sp³-hybridized carbons (Fsp3) is 0.333. The molecule has 0 atom stereocenters. The number of aromatic nitrogens is 4. The number of fused-ring (bicyclic) bond motifs is 1. The molecule has 0 unspecified atom stereocenters. The molecule has 0 spiro atoms. The summed E-state index contributed by atoms with van der Waals surface area (Å²) in [7, 11) is 1.73. The number of rotatable bonds is 6. The Labute approximate surface area is 164 Å². The highest BCUT2D eigenvalue weighted by Gasteiger charge is 2.19. The second-order valence-corrected chi connectivity index (χ2v) is 6.73. The minimum Gasteiger partial charge on any atom is -0.465 e. The predicted octanol–water partition coefficient (Wildman–Crippen LogP) is 1.43. The molecule has 1 aromatic carbocycles. The number of benzene rings is 1. The van der Waals surface area contributed by atoms with Crippen molar-refractivity contribution in [2.45, 2.75) is 26.4 Å². The molecule has 0 saturated carbocycles. The highest BCUT2D eigenvalue weighted by molar-refractivity contribution is 6.30. The number of nitrogens with one attached hydrogen (secondary N) is 1. The largest absolute Gasteiger partial charge is 0.465 e. The number of hydrogen-bond acceptors (Lipinski definition) is 4. The van der Waals surface area contributed by atoms with Crippen molar-refractivity contribution in [1.29, 1.82) is 0 Å². The zero-order chi connectivity index (χ0) is 20.4. The summed E-state index contributed by atoms with van der Waals surface area (Å²) in [4.78, 5) is 41.3. The van der Waals surface area contributed by atoms with E-state index >= 15 is 0 Å². The number of carboxylic acid groups (broad SMARTS) is 1. The Balaban J connectivity index is 2.18. The van der Waals surface area contributed by atoms with Crippen LogP contribution >= 0.6 is 11.6 Å². The van der Waals surface area contributed by atoms with E-state index in [1.807, 2.05) is 6.92 Å². The third-order valence-corrected chi connectivity index (χ3v) is 4.77. The molecule has 3 aromatic rings. The van der Waals surface area contributed by atoms with E-state index in [1.165, 1.54) is 4.57 Å². The maximum Gasteiger partial charge on any atom is 0.404 e. The second-order valence-electron chi connectivity index (χ2n) is 6.30. The molecule has 28 heavy (non-hydrogen) atoms. The molecule has 0 aliphatic carbocycles. The molecule has 0 saturated heterocycles. The van der Waals surface area contributed by atoms with Crippen LogP contribution in [0.25, 0.3) is 11.2 Å². The molecule has 3 rings (SSSR count). The van der Waals surface area contributed by atoms with Crippen LogP contribution in [-0.2, 0) is 26.6 Å². The molecular formula is C18H20ClN5O4. The van der Waals surface area contributed by atoms with Gasteiger partial charge in [0.05, 0.1) is 6.54 Å². The smallest absolute Gasteiger partial charge is 0.404 e. The summed E-state index contributed by atoms with van der Waals surface area (Å²) >= 11 is 5.90. The predicted molar refractivity (Wildman–Crippen MR) is 105 cm³/mol. The summed E-state index contributed by atoms with van der Waals surface area (Å²) in [5, 5.41) is 11.6. The first kappa shape index (κ1) is 19.7. The van der Waals surface area contributed by atoms with Crippen molar-refractivity contribution < 1.29 is 9.90 Å². The van der Waals surface area contributed by atoms with Crippen molar-refractivity contribution in [1.82, 2.24) is 24.0 Å². The molecule has 0 fully saturated rings. The van der Waals surface area contributed by atoms with Crippen molar-refractivity contribution in [3.63, 3.8) is 0 Å². The van der Waals surface area contributed by atoms with Crippen molar-refractivity contribution in [2.24, 2.45) is 7.05 Å². The van der Waals surface area contributed by atoms with Gasteiger partial charge in [0.25, 0.3) is 5.56 Å². The van der Waals surface area contributed by atoms with E-state index < -0.39 is 17.3 Å². The summed E-state index contributed by atoms with van der Waals surface area (Å²) < 4.78 is 4.14. The van der Waals surface area contributed by atoms with E-state index in [2.05, 4.69) is 10.3 Å². The van der Waals surface area contributed by atoms with Crippen molar-refractivity contribution in [3.8, 4) is 0 Å². The topological polar surface area (TPSA) is 111 Å². The van der Waals surface area contributed by atoms with E-state index in [-0.39, 0.29) is 25.3 Å². The molecule has 1 amide bonds. The lowest BCUT2D eigenvalue weighted by molar-refractivity contribution is 0.194. The molecule has 2 heterocycles. The Morgan fingerprint density at radius 1 is 1.21 bits per heavy atom. The van der Waals surface area contributed by atoms with Crippen LogP contribution < -0.4 is 16.6 Å². The van der Waals surface area contributed by atoms with Crippen molar-refractivity contribution in [3.05, 3.63) is 61.5 Å². The average molecular weight is 406 g/mol. The van der Waals surface area contributed by atoms with E-state index in [0.717, 1.165) is 10.1 Å². The summed E-state index contributed by atoms with van der Waals surface area (Å²) in [6.45, 7) is 2.05. The lowest BCUT2D eigenvalue weighted by Crippen LogP contribution is -2.42. The minimum absolute atomic E-state index is 0.0154. The van der Waals surface area contributed by atoms with Gasteiger partial charge in [-0.2, -0.15) is 0 Å². The van der Waals surface area contributed by atoms with Gasteiger partial charge in [-0.05, 0) is 17.7 Å². The number of nitrogens with zero attached hydrogens (tertiary/aromatic N) is 4. The van der Waals surface area contributed by atoms with Crippen LogP contribution in [-0.4, -0.2) is 36.4 Å². The zero-order valence-electron chi connectivity index (χ0n) is 15.5. The van der Waals surface area contributed by atoms with Crippen molar-refractivity contribution >= 4 is 28.9 Å². The van der Waals surface area contributed by atoms with Crippen molar-refractivity contribution in [2.75, 3.05) is 6.54 Å². The minimum atomic E-state index is -1.19. The Bertz CT molecular complexity index is 1140. The first-order valence-electron chi connectivity index (χ1n) is 8.73. The van der Waals surface area contributed by atoms with Crippen LogP contribution in [0.3, 0.4) is 0 Å². The number of halogens is 1. The molecule has 0 radical (unpaired) electrons. The lowest BCUT2D eigenvalue weighted by atomic mass is 10.2. The quantitative estimate of drug-likeness (QED) is 0.644. The Morgan fingerprint density at radius 3 is 2.50 bits per heavy atom. The highest BCUT2D eigenvalue weighted by atomic mass is 35.5. The maximum atomic E-state index is 13.1. The monoisotopic (exact) mass is 405 g/mol. The third kappa shape index (κ3) is 3.65. The molecule has 0 bridgehead atoms. The molecule has 0 aliphatic heterocycles. The Kier molecular flexibility index (Phi) is 5.55. The summed E-state index contributed by atoms with van der Waals surface area (Å²) in [6, 6.07) is 6.87. The zero-order valence-corrected chi connectivity index (χ0v) is 16.2. The Morgan fingerprint density at radius 2 is 1.89 bits per heavy atom. The molecule has 9 nitrogen and oxygen atoms in total. The highest BCUT2D eigenvalue weighted by Crippen LogP contribution is 2.12. The van der Waals surface area contributed by atoms with Crippen LogP contribution in [0.1, 0.15) is 18.3 Å². The first-order chi connectivity index (χ1) is 13.3. The van der Waals surface area contributed by atoms with Gasteiger partial charge in [0, 0.05) is 31.6 Å². The molecule has 10 heteroatoms. The number of aryl methyl sites for hydroxylation is 2. The number of amides is 1. The van der Waals surface area contributed by atoms with Crippen LogP contribution in [0.15, 0.2) is 33.9 Å². The fourth-order valence-corrected chi connectivity index (χ4v) is 3.24. The molecular weight excluding hydrogens is 386 g/mol. The summed E-state index contributed by atoms with van der Waals surface area (Å²) in [5.74, 6) is 0.663. The lowest BCUT2D eigenvalue weighted by Gasteiger charge is -2.12. The molecule has 148 valence electrons. The first-order valence-corrected chi connectivity index (χ1v) is 9.11. The van der Waals surface area contributed by atoms with Crippen LogP contribution in [0, 0.1) is 0 Å². The number of carbonyl (C=O) groups is 1.